The second-order valence-corrected chi connectivity index (χ2v) is 9.31. The number of carbonyl (C=O) groups excluding carboxylic acids is 1. The highest BCUT2D eigenvalue weighted by Gasteiger charge is 2.33. The van der Waals surface area contributed by atoms with Gasteiger partial charge in [-0.2, -0.15) is 18.3 Å². The van der Waals surface area contributed by atoms with Crippen LogP contribution >= 0.6 is 0 Å². The molecule has 38 heavy (non-hydrogen) atoms. The third-order valence-electron chi connectivity index (χ3n) is 6.72. The summed E-state index contributed by atoms with van der Waals surface area (Å²) >= 11 is 0. The van der Waals surface area contributed by atoms with Crippen LogP contribution in [-0.4, -0.2) is 39.2 Å². The summed E-state index contributed by atoms with van der Waals surface area (Å²) in [5.41, 5.74) is 2.88. The smallest absolute Gasteiger partial charge is 0.371 e. The van der Waals surface area contributed by atoms with E-state index in [1.807, 2.05) is 18.2 Å². The van der Waals surface area contributed by atoms with Crippen molar-refractivity contribution in [1.82, 2.24) is 20.2 Å². The third-order valence-corrected chi connectivity index (χ3v) is 6.72. The van der Waals surface area contributed by atoms with Crippen molar-refractivity contribution < 1.29 is 18.0 Å². The first-order valence-electron chi connectivity index (χ1n) is 12.3. The number of amides is 1. The van der Waals surface area contributed by atoms with E-state index in [4.69, 9.17) is 0 Å². The maximum absolute atomic E-state index is 13.5. The number of alkyl halides is 3. The normalized spacial score (nSPS) is 14.2. The van der Waals surface area contributed by atoms with E-state index in [0.717, 1.165) is 55.0 Å². The molecule has 0 spiro atoms. The molecule has 3 aromatic carbocycles. The highest BCUT2D eigenvalue weighted by Crippen LogP contribution is 2.36. The van der Waals surface area contributed by atoms with Crippen LogP contribution in [0.25, 0.3) is 21.9 Å². The average molecular weight is 520 g/mol. The molecule has 1 fully saturated rings. The number of H-pyrrole nitrogens is 2. The summed E-state index contributed by atoms with van der Waals surface area (Å²) in [5.74, 6) is -0.133. The van der Waals surface area contributed by atoms with E-state index in [1.54, 1.807) is 18.3 Å². The number of anilines is 4. The average Bonchev–Trinajstić information content (AvgIpc) is 3.53. The summed E-state index contributed by atoms with van der Waals surface area (Å²) in [6, 6.07) is 14.3. The topological polar surface area (TPSA) is 102 Å². The van der Waals surface area contributed by atoms with Crippen molar-refractivity contribution in [3.63, 3.8) is 0 Å². The maximum Gasteiger partial charge on any atom is 0.418 e. The minimum Gasteiger partial charge on any atom is -0.371 e. The van der Waals surface area contributed by atoms with Crippen molar-refractivity contribution in [3.05, 3.63) is 71.9 Å². The summed E-state index contributed by atoms with van der Waals surface area (Å²) in [7, 11) is 0. The van der Waals surface area contributed by atoms with Gasteiger partial charge >= 0.3 is 6.18 Å². The maximum atomic E-state index is 13.5. The lowest BCUT2D eigenvalue weighted by Gasteiger charge is -2.30. The van der Waals surface area contributed by atoms with Gasteiger partial charge in [-0.05, 0) is 61.7 Å². The highest BCUT2D eigenvalue weighted by molar-refractivity contribution is 6.11. The molecule has 0 unspecified atom stereocenters. The van der Waals surface area contributed by atoms with Crippen LogP contribution in [0.2, 0.25) is 0 Å². The number of aromatic amines is 2. The van der Waals surface area contributed by atoms with Gasteiger partial charge in [0.1, 0.15) is 0 Å². The van der Waals surface area contributed by atoms with Crippen LogP contribution in [0.3, 0.4) is 0 Å². The van der Waals surface area contributed by atoms with Crippen molar-refractivity contribution in [3.8, 4) is 0 Å². The number of carbonyl (C=O) groups is 1. The molecule has 3 heterocycles. The van der Waals surface area contributed by atoms with Gasteiger partial charge in [0.25, 0.3) is 5.91 Å². The molecule has 8 nitrogen and oxygen atoms in total. The number of halogens is 3. The number of aromatic nitrogens is 4. The van der Waals surface area contributed by atoms with Gasteiger partial charge in [-0.25, -0.2) is 4.98 Å². The fraction of sp³-hybridized carbons (Fsp3) is 0.222. The Balaban J connectivity index is 1.36. The largest absolute Gasteiger partial charge is 0.418 e. The Morgan fingerprint density at radius 2 is 1.79 bits per heavy atom. The SMILES string of the molecule is O=C(Nc1ccc2[nH]ncc2c1)c1cc2[nH]c(Nc3ccccc3C(F)(F)F)nc2cc1N1CCCCC1. The van der Waals surface area contributed by atoms with Crippen molar-refractivity contribution in [2.24, 2.45) is 0 Å². The van der Waals surface area contributed by atoms with Gasteiger partial charge in [-0.1, -0.05) is 12.1 Å². The first-order valence-corrected chi connectivity index (χ1v) is 12.3. The van der Waals surface area contributed by atoms with E-state index in [1.165, 1.54) is 18.2 Å². The van der Waals surface area contributed by atoms with Crippen molar-refractivity contribution in [2.45, 2.75) is 25.4 Å². The van der Waals surface area contributed by atoms with E-state index < -0.39 is 11.7 Å². The Hall–Kier alpha value is -4.54. The number of hydrogen-bond donors (Lipinski definition) is 4. The number of fused-ring (bicyclic) bond motifs is 2. The monoisotopic (exact) mass is 519 g/mol. The zero-order valence-corrected chi connectivity index (χ0v) is 20.2. The molecule has 0 aliphatic carbocycles. The molecule has 0 atom stereocenters. The summed E-state index contributed by atoms with van der Waals surface area (Å²) in [4.78, 5) is 23.2. The molecule has 0 bridgehead atoms. The quantitative estimate of drug-likeness (QED) is 0.214. The van der Waals surface area contributed by atoms with Crippen molar-refractivity contribution in [2.75, 3.05) is 28.6 Å². The van der Waals surface area contributed by atoms with E-state index in [9.17, 15) is 18.0 Å². The molecule has 4 N–H and O–H groups in total. The second-order valence-electron chi connectivity index (χ2n) is 9.31. The van der Waals surface area contributed by atoms with Crippen LogP contribution in [0.15, 0.2) is 60.8 Å². The molecule has 194 valence electrons. The van der Waals surface area contributed by atoms with Crippen LogP contribution in [0.5, 0.6) is 0 Å². The third kappa shape index (κ3) is 4.62. The first kappa shape index (κ1) is 23.8. The second kappa shape index (κ2) is 9.40. The van der Waals surface area contributed by atoms with Crippen molar-refractivity contribution >= 4 is 50.9 Å². The molecular formula is C27H24F3N7O. The molecule has 11 heteroatoms. The summed E-state index contributed by atoms with van der Waals surface area (Å²) < 4.78 is 40.4. The molecule has 5 aromatic rings. The van der Waals surface area contributed by atoms with Gasteiger partial charge in [0.15, 0.2) is 0 Å². The Bertz CT molecular complexity index is 1630. The Morgan fingerprint density at radius 1 is 0.974 bits per heavy atom. The van der Waals surface area contributed by atoms with E-state index >= 15 is 0 Å². The first-order chi connectivity index (χ1) is 18.3. The molecule has 1 aliphatic heterocycles. The van der Waals surface area contributed by atoms with Crippen LogP contribution in [0.1, 0.15) is 35.2 Å². The molecule has 2 aromatic heterocycles. The van der Waals surface area contributed by atoms with Crippen LogP contribution in [-0.2, 0) is 6.18 Å². The van der Waals surface area contributed by atoms with Crippen molar-refractivity contribution in [1.29, 1.82) is 0 Å². The van der Waals surface area contributed by atoms with E-state index in [0.29, 0.717) is 22.3 Å². The van der Waals surface area contributed by atoms with Crippen LogP contribution in [0, 0.1) is 0 Å². The number of piperidine rings is 1. The van der Waals surface area contributed by atoms with E-state index in [2.05, 4.69) is 35.7 Å². The molecule has 1 saturated heterocycles. The minimum atomic E-state index is -4.51. The van der Waals surface area contributed by atoms with Gasteiger partial charge < -0.3 is 20.5 Å². The predicted molar refractivity (Wildman–Crippen MR) is 141 cm³/mol. The number of nitrogens with zero attached hydrogens (tertiary/aromatic N) is 3. The highest BCUT2D eigenvalue weighted by atomic mass is 19.4. The molecular weight excluding hydrogens is 495 g/mol. The number of hydrogen-bond acceptors (Lipinski definition) is 5. The lowest BCUT2D eigenvalue weighted by atomic mass is 10.1. The van der Waals surface area contributed by atoms with Gasteiger partial charge in [0.05, 0.1) is 45.2 Å². The zero-order chi connectivity index (χ0) is 26.3. The lowest BCUT2D eigenvalue weighted by Crippen LogP contribution is -2.31. The van der Waals surface area contributed by atoms with Gasteiger partial charge in [-0.15, -0.1) is 0 Å². The number of benzene rings is 3. The molecule has 1 amide bonds. The van der Waals surface area contributed by atoms with Gasteiger partial charge in [0, 0.05) is 24.2 Å². The lowest BCUT2D eigenvalue weighted by molar-refractivity contribution is -0.136. The molecule has 0 saturated carbocycles. The van der Waals surface area contributed by atoms with Crippen LogP contribution < -0.4 is 15.5 Å². The Morgan fingerprint density at radius 3 is 2.61 bits per heavy atom. The summed E-state index contributed by atoms with van der Waals surface area (Å²) in [6.45, 7) is 1.61. The summed E-state index contributed by atoms with van der Waals surface area (Å²) in [5, 5.41) is 13.5. The molecule has 0 radical (unpaired) electrons. The Kier molecular flexibility index (Phi) is 5.90. The summed E-state index contributed by atoms with van der Waals surface area (Å²) in [6.07, 6.45) is 0.323. The predicted octanol–water partition coefficient (Wildman–Crippen LogP) is 6.44. The number of rotatable bonds is 5. The number of para-hydroxylation sites is 1. The fourth-order valence-corrected chi connectivity index (χ4v) is 4.87. The fourth-order valence-electron chi connectivity index (χ4n) is 4.87. The number of nitrogens with one attached hydrogen (secondary N) is 4. The minimum absolute atomic E-state index is 0.108. The van der Waals surface area contributed by atoms with E-state index in [-0.39, 0.29) is 17.5 Å². The molecule has 1 aliphatic rings. The van der Waals surface area contributed by atoms with Gasteiger partial charge in [0.2, 0.25) is 5.95 Å². The standard InChI is InChI=1S/C27H24F3N7O/c28-27(29,30)19-6-2-3-7-21(19)33-26-34-22-13-18(24(14-23(22)35-26)37-10-4-1-5-11-37)25(38)32-17-8-9-20-16(12-17)15-31-36-20/h2-3,6-9,12-15H,1,4-5,10-11H2,(H,31,36)(H,32,38)(H2,33,34,35). The van der Waals surface area contributed by atoms with Gasteiger partial charge in [-0.3, -0.25) is 9.89 Å². The van der Waals surface area contributed by atoms with Crippen LogP contribution in [0.4, 0.5) is 36.2 Å². The zero-order valence-electron chi connectivity index (χ0n) is 20.2. The Labute approximate surface area is 215 Å². The molecule has 6 rings (SSSR count). The number of imidazole rings is 1.